The number of anilines is 1. The number of amides is 1. The molecular formula is C20H15N9O2. The first kappa shape index (κ1) is 18.2. The van der Waals surface area contributed by atoms with Crippen LogP contribution in [-0.4, -0.2) is 42.4 Å². The molecule has 31 heavy (non-hydrogen) atoms. The second-order valence-electron chi connectivity index (χ2n) is 6.53. The highest BCUT2D eigenvalue weighted by atomic mass is 16.6. The minimum absolute atomic E-state index is 0.0198. The molecule has 152 valence electrons. The highest BCUT2D eigenvalue weighted by Crippen LogP contribution is 2.26. The van der Waals surface area contributed by atoms with Crippen molar-refractivity contribution < 1.29 is 9.42 Å². The number of H-pyrrole nitrogens is 1. The Morgan fingerprint density at radius 3 is 2.74 bits per heavy atom. The molecule has 0 saturated carbocycles. The number of nitrogens with two attached hydrogens (primary N) is 1. The summed E-state index contributed by atoms with van der Waals surface area (Å²) in [5.74, 6) is -0.393. The predicted molar refractivity (Wildman–Crippen MR) is 112 cm³/mol. The quantitative estimate of drug-likeness (QED) is 0.295. The zero-order valence-corrected chi connectivity index (χ0v) is 15.9. The first-order chi connectivity index (χ1) is 15.2. The molecule has 0 aliphatic carbocycles. The zero-order valence-electron chi connectivity index (χ0n) is 15.9. The fourth-order valence-corrected chi connectivity index (χ4v) is 3.19. The number of nitrogens with zero attached hydrogens (tertiary/aromatic N) is 6. The van der Waals surface area contributed by atoms with Gasteiger partial charge in [0.25, 0.3) is 5.91 Å². The number of fused-ring (bicyclic) bond motifs is 1. The van der Waals surface area contributed by atoms with Crippen LogP contribution in [-0.2, 0) is 0 Å². The van der Waals surface area contributed by atoms with Gasteiger partial charge in [-0.2, -0.15) is 9.78 Å². The number of nitrogens with one attached hydrogen (secondary N) is 2. The Hall–Kier alpha value is -4.80. The molecule has 0 bridgehead atoms. The number of aromatic amines is 1. The van der Waals surface area contributed by atoms with Gasteiger partial charge in [-0.25, -0.2) is 10.1 Å². The smallest absolute Gasteiger partial charge is 0.294 e. The van der Waals surface area contributed by atoms with Crippen molar-refractivity contribution in [3.05, 3.63) is 72.1 Å². The number of carbonyl (C=O) groups excluding carboxylic acids is 1. The summed E-state index contributed by atoms with van der Waals surface area (Å²) >= 11 is 0. The molecule has 3 heterocycles. The lowest BCUT2D eigenvalue weighted by Gasteiger charge is -2.05. The summed E-state index contributed by atoms with van der Waals surface area (Å²) in [5, 5.41) is 20.4. The molecule has 0 aliphatic heterocycles. The van der Waals surface area contributed by atoms with Gasteiger partial charge in [0.2, 0.25) is 11.6 Å². The van der Waals surface area contributed by atoms with Gasteiger partial charge in [0, 0.05) is 28.2 Å². The molecule has 4 N–H and O–H groups in total. The number of nitrogen functional groups attached to an aromatic ring is 1. The van der Waals surface area contributed by atoms with E-state index < -0.39 is 5.91 Å². The van der Waals surface area contributed by atoms with Gasteiger partial charge >= 0.3 is 0 Å². The third-order valence-corrected chi connectivity index (χ3v) is 4.62. The van der Waals surface area contributed by atoms with Gasteiger partial charge in [-0.15, -0.1) is 5.10 Å². The molecule has 0 saturated heterocycles. The van der Waals surface area contributed by atoms with Crippen molar-refractivity contribution in [1.82, 2.24) is 35.7 Å². The van der Waals surface area contributed by atoms with Gasteiger partial charge in [-0.05, 0) is 16.4 Å². The lowest BCUT2D eigenvalue weighted by Crippen LogP contribution is -2.19. The molecule has 5 rings (SSSR count). The summed E-state index contributed by atoms with van der Waals surface area (Å²) in [6, 6.07) is 16.9. The highest BCUT2D eigenvalue weighted by molar-refractivity contribution is 6.01. The summed E-state index contributed by atoms with van der Waals surface area (Å²) in [5.41, 5.74) is 11.2. The molecule has 2 aromatic carbocycles. The maximum absolute atomic E-state index is 12.9. The van der Waals surface area contributed by atoms with E-state index in [1.165, 1.54) is 4.68 Å². The first-order valence-corrected chi connectivity index (χ1v) is 9.21. The number of para-hydroxylation sites is 1. The summed E-state index contributed by atoms with van der Waals surface area (Å²) in [4.78, 5) is 16.0. The van der Waals surface area contributed by atoms with E-state index in [2.05, 4.69) is 40.8 Å². The van der Waals surface area contributed by atoms with Crippen molar-refractivity contribution in [1.29, 1.82) is 0 Å². The maximum atomic E-state index is 12.9. The van der Waals surface area contributed by atoms with Crippen LogP contribution in [0.3, 0.4) is 0 Å². The minimum Gasteiger partial charge on any atom is -0.378 e. The molecule has 11 nitrogen and oxygen atoms in total. The SMILES string of the molecule is Nc1nonc1-n1nnc(C(=O)N/N=C\c2c[nH]c3ccccc23)c1-c1ccccc1. The van der Waals surface area contributed by atoms with Gasteiger partial charge in [-0.3, -0.25) is 4.79 Å². The molecule has 1 amide bonds. The summed E-state index contributed by atoms with van der Waals surface area (Å²) in [6.45, 7) is 0. The average Bonchev–Trinajstić information content (AvgIpc) is 3.52. The molecule has 0 radical (unpaired) electrons. The summed E-state index contributed by atoms with van der Waals surface area (Å²) in [6.07, 6.45) is 3.37. The lowest BCUT2D eigenvalue weighted by atomic mass is 10.1. The van der Waals surface area contributed by atoms with Gasteiger partial charge in [0.15, 0.2) is 5.69 Å². The third-order valence-electron chi connectivity index (χ3n) is 4.62. The summed E-state index contributed by atoms with van der Waals surface area (Å²) in [7, 11) is 0. The van der Waals surface area contributed by atoms with Crippen LogP contribution in [0, 0.1) is 0 Å². The van der Waals surface area contributed by atoms with E-state index in [1.807, 2.05) is 60.8 Å². The molecule has 0 unspecified atom stereocenters. The standard InChI is InChI=1S/C20H15N9O2/c21-18-19(27-31-26-18)29-17(12-6-2-1-3-7-12)16(24-28-29)20(30)25-23-11-13-10-22-15-9-5-4-8-14(13)15/h1-11,22H,(H2,21,26)(H,25,30)/b23-11-. The van der Waals surface area contributed by atoms with Crippen molar-refractivity contribution in [3.63, 3.8) is 0 Å². The van der Waals surface area contributed by atoms with Crippen LogP contribution in [0.5, 0.6) is 0 Å². The summed E-state index contributed by atoms with van der Waals surface area (Å²) < 4.78 is 5.97. The second-order valence-corrected chi connectivity index (χ2v) is 6.53. The van der Waals surface area contributed by atoms with E-state index in [9.17, 15) is 4.79 Å². The predicted octanol–water partition coefficient (Wildman–Crippen LogP) is 2.14. The van der Waals surface area contributed by atoms with Crippen molar-refractivity contribution in [2.45, 2.75) is 0 Å². The number of hydrazone groups is 1. The Bertz CT molecular complexity index is 1400. The largest absolute Gasteiger partial charge is 0.378 e. The number of hydrogen-bond donors (Lipinski definition) is 3. The van der Waals surface area contributed by atoms with Crippen LogP contribution in [0.15, 0.2) is 70.5 Å². The van der Waals surface area contributed by atoms with Crippen LogP contribution in [0.1, 0.15) is 16.1 Å². The molecular weight excluding hydrogens is 398 g/mol. The van der Waals surface area contributed by atoms with Crippen molar-refractivity contribution in [3.8, 4) is 17.1 Å². The number of aromatic nitrogens is 6. The topological polar surface area (TPSA) is 153 Å². The van der Waals surface area contributed by atoms with E-state index >= 15 is 0 Å². The van der Waals surface area contributed by atoms with E-state index in [0.29, 0.717) is 11.3 Å². The molecule has 3 aromatic heterocycles. The molecule has 0 atom stereocenters. The minimum atomic E-state index is -0.545. The fraction of sp³-hybridized carbons (Fsp3) is 0. The van der Waals surface area contributed by atoms with Gasteiger partial charge < -0.3 is 10.7 Å². The molecule has 0 fully saturated rings. The van der Waals surface area contributed by atoms with E-state index in [0.717, 1.165) is 16.5 Å². The highest BCUT2D eigenvalue weighted by Gasteiger charge is 2.24. The Morgan fingerprint density at radius 1 is 1.13 bits per heavy atom. The van der Waals surface area contributed by atoms with Crippen LogP contribution < -0.4 is 11.2 Å². The molecule has 5 aromatic rings. The lowest BCUT2D eigenvalue weighted by molar-refractivity contribution is 0.0950. The Morgan fingerprint density at radius 2 is 1.94 bits per heavy atom. The Labute approximate surface area is 174 Å². The van der Waals surface area contributed by atoms with E-state index in [4.69, 9.17) is 5.73 Å². The third kappa shape index (κ3) is 3.29. The maximum Gasteiger partial charge on any atom is 0.294 e. The van der Waals surface area contributed by atoms with E-state index in [1.54, 1.807) is 6.21 Å². The van der Waals surface area contributed by atoms with Crippen LogP contribution in [0.2, 0.25) is 0 Å². The molecule has 0 spiro atoms. The Kier molecular flexibility index (Phi) is 4.45. The van der Waals surface area contributed by atoms with Crippen molar-refractivity contribution in [2.75, 3.05) is 5.73 Å². The Balaban J connectivity index is 1.48. The number of hydrogen-bond acceptors (Lipinski definition) is 8. The van der Waals surface area contributed by atoms with Crippen molar-refractivity contribution >= 4 is 28.8 Å². The number of benzene rings is 2. The zero-order chi connectivity index (χ0) is 21.2. The van der Waals surface area contributed by atoms with Crippen LogP contribution in [0.25, 0.3) is 28.0 Å². The van der Waals surface area contributed by atoms with Crippen LogP contribution in [0.4, 0.5) is 5.82 Å². The average molecular weight is 413 g/mol. The van der Waals surface area contributed by atoms with Gasteiger partial charge in [-0.1, -0.05) is 53.7 Å². The normalized spacial score (nSPS) is 11.4. The molecule has 11 heteroatoms. The molecule has 0 aliphatic rings. The van der Waals surface area contributed by atoms with Gasteiger partial charge in [0.1, 0.15) is 5.69 Å². The van der Waals surface area contributed by atoms with Gasteiger partial charge in [0.05, 0.1) is 6.21 Å². The van der Waals surface area contributed by atoms with Crippen LogP contribution >= 0.6 is 0 Å². The first-order valence-electron chi connectivity index (χ1n) is 9.21. The van der Waals surface area contributed by atoms with Crippen molar-refractivity contribution in [2.24, 2.45) is 5.10 Å². The van der Waals surface area contributed by atoms with E-state index in [-0.39, 0.29) is 17.3 Å². The second kappa shape index (κ2) is 7.55. The monoisotopic (exact) mass is 413 g/mol. The fourth-order valence-electron chi connectivity index (χ4n) is 3.19. The number of carbonyl (C=O) groups is 1. The number of rotatable bonds is 5.